The minimum Gasteiger partial charge on any atom is -0.496 e. The Kier molecular flexibility index (Phi) is 6.44. The zero-order valence-electron chi connectivity index (χ0n) is 13.9. The molecule has 1 fully saturated rings. The van der Waals surface area contributed by atoms with Gasteiger partial charge in [-0.15, -0.1) is 0 Å². The summed E-state index contributed by atoms with van der Waals surface area (Å²) in [5.74, 6) is 1.93. The first-order chi connectivity index (χ1) is 11.1. The summed E-state index contributed by atoms with van der Waals surface area (Å²) < 4.78 is 16.2. The van der Waals surface area contributed by atoms with E-state index in [1.807, 2.05) is 6.07 Å². The van der Waals surface area contributed by atoms with Crippen LogP contribution in [-0.4, -0.2) is 75.7 Å². The number of thiocarbonyl (C=S) groups is 1. The predicted molar refractivity (Wildman–Crippen MR) is 92.0 cm³/mol. The van der Waals surface area contributed by atoms with Crippen LogP contribution in [0.5, 0.6) is 17.2 Å². The van der Waals surface area contributed by atoms with E-state index in [-0.39, 0.29) is 6.61 Å². The van der Waals surface area contributed by atoms with Crippen molar-refractivity contribution in [3.05, 3.63) is 17.7 Å². The molecule has 0 atom stereocenters. The Labute approximate surface area is 142 Å². The third-order valence-corrected chi connectivity index (χ3v) is 4.64. The molecule has 1 aromatic carbocycles. The van der Waals surface area contributed by atoms with E-state index in [0.29, 0.717) is 17.2 Å². The number of nitrogens with one attached hydrogen (secondary N) is 1. The van der Waals surface area contributed by atoms with Gasteiger partial charge in [-0.05, 0) is 6.07 Å². The summed E-state index contributed by atoms with van der Waals surface area (Å²) in [5.41, 5.74) is 0.839. The van der Waals surface area contributed by atoms with Crippen molar-refractivity contribution >= 4 is 17.2 Å². The third kappa shape index (κ3) is 4.04. The molecule has 7 heteroatoms. The van der Waals surface area contributed by atoms with Crippen LogP contribution in [0.4, 0.5) is 0 Å². The van der Waals surface area contributed by atoms with Crippen LogP contribution in [0, 0.1) is 0 Å². The van der Waals surface area contributed by atoms with Gasteiger partial charge in [0.05, 0.1) is 59.7 Å². The molecule has 1 aliphatic heterocycles. The molecule has 2 rings (SSSR count). The Morgan fingerprint density at radius 1 is 1.09 bits per heavy atom. The highest BCUT2D eigenvalue weighted by Gasteiger charge is 2.24. The standard InChI is InChI=1S/C16H24N2O4S/c1-20-13-11-15(22-3)14(21-2)10-12(13)16(23)18-6-4-17(5-7-18)8-9-19/h10-11,19H,4-9H2,1-3H3/p+1. The second-order valence-corrected chi connectivity index (χ2v) is 5.81. The predicted octanol–water partition coefficient (Wildman–Crippen LogP) is -0.419. The fourth-order valence-electron chi connectivity index (χ4n) is 2.80. The molecule has 0 saturated carbocycles. The maximum atomic E-state index is 9.04. The highest BCUT2D eigenvalue weighted by atomic mass is 32.1. The second-order valence-electron chi connectivity index (χ2n) is 5.42. The van der Waals surface area contributed by atoms with Crippen molar-refractivity contribution in [1.29, 1.82) is 0 Å². The van der Waals surface area contributed by atoms with Gasteiger partial charge in [0, 0.05) is 6.07 Å². The monoisotopic (exact) mass is 341 g/mol. The first kappa shape index (κ1) is 17.8. The van der Waals surface area contributed by atoms with Crippen molar-refractivity contribution in [2.24, 2.45) is 0 Å². The van der Waals surface area contributed by atoms with Gasteiger partial charge in [-0.3, -0.25) is 0 Å². The molecular weight excluding hydrogens is 316 g/mol. The molecule has 0 aliphatic carbocycles. The number of aliphatic hydroxyl groups excluding tert-OH is 1. The van der Waals surface area contributed by atoms with Gasteiger partial charge in [-0.2, -0.15) is 0 Å². The number of benzene rings is 1. The van der Waals surface area contributed by atoms with Crippen molar-refractivity contribution in [2.45, 2.75) is 0 Å². The molecule has 0 amide bonds. The lowest BCUT2D eigenvalue weighted by Crippen LogP contribution is -3.15. The summed E-state index contributed by atoms with van der Waals surface area (Å²) in [6.07, 6.45) is 0. The first-order valence-electron chi connectivity index (χ1n) is 7.68. The quantitative estimate of drug-likeness (QED) is 0.686. The maximum absolute atomic E-state index is 9.04. The van der Waals surface area contributed by atoms with Gasteiger partial charge >= 0.3 is 0 Å². The summed E-state index contributed by atoms with van der Waals surface area (Å²) in [6.45, 7) is 4.69. The van der Waals surface area contributed by atoms with E-state index < -0.39 is 0 Å². The SMILES string of the molecule is COc1cc(OC)c(C(=S)N2CC[NH+](CCO)CC2)cc1OC. The van der Waals surface area contributed by atoms with Crippen molar-refractivity contribution in [2.75, 3.05) is 60.7 Å². The molecule has 6 nitrogen and oxygen atoms in total. The molecule has 1 aromatic rings. The van der Waals surface area contributed by atoms with Crippen LogP contribution in [0.15, 0.2) is 12.1 Å². The van der Waals surface area contributed by atoms with Gasteiger partial charge in [-0.1, -0.05) is 12.2 Å². The highest BCUT2D eigenvalue weighted by molar-refractivity contribution is 7.80. The Morgan fingerprint density at radius 2 is 1.65 bits per heavy atom. The molecular formula is C16H25N2O4S+. The maximum Gasteiger partial charge on any atom is 0.164 e. The molecule has 128 valence electrons. The fraction of sp³-hybridized carbons (Fsp3) is 0.562. The summed E-state index contributed by atoms with van der Waals surface area (Å²) in [7, 11) is 4.82. The molecule has 2 N–H and O–H groups in total. The van der Waals surface area contributed by atoms with Crippen molar-refractivity contribution in [3.63, 3.8) is 0 Å². The van der Waals surface area contributed by atoms with E-state index in [2.05, 4.69) is 4.90 Å². The summed E-state index contributed by atoms with van der Waals surface area (Å²) in [6, 6.07) is 3.67. The molecule has 0 bridgehead atoms. The van der Waals surface area contributed by atoms with Crippen molar-refractivity contribution in [1.82, 2.24) is 4.90 Å². The Bertz CT molecular complexity index is 545. The van der Waals surface area contributed by atoms with Gasteiger partial charge in [0.1, 0.15) is 17.3 Å². The van der Waals surface area contributed by atoms with Crippen LogP contribution in [0.25, 0.3) is 0 Å². The van der Waals surface area contributed by atoms with Crippen LogP contribution in [0.1, 0.15) is 5.56 Å². The number of quaternary nitrogens is 1. The number of rotatable bonds is 6. The van der Waals surface area contributed by atoms with Gasteiger partial charge in [0.2, 0.25) is 0 Å². The normalized spacial score (nSPS) is 15.4. The zero-order valence-corrected chi connectivity index (χ0v) is 14.7. The minimum atomic E-state index is 0.225. The van der Waals surface area contributed by atoms with Crippen LogP contribution in [-0.2, 0) is 0 Å². The second kappa shape index (κ2) is 8.33. The molecule has 0 aromatic heterocycles. The zero-order chi connectivity index (χ0) is 16.8. The average Bonchev–Trinajstić information content (AvgIpc) is 2.60. The average molecular weight is 341 g/mol. The van der Waals surface area contributed by atoms with E-state index in [9.17, 15) is 0 Å². The fourth-order valence-corrected chi connectivity index (χ4v) is 3.14. The molecule has 1 aliphatic rings. The van der Waals surface area contributed by atoms with Gasteiger partial charge in [0.15, 0.2) is 11.5 Å². The number of aliphatic hydroxyl groups is 1. The smallest absolute Gasteiger partial charge is 0.164 e. The van der Waals surface area contributed by atoms with Crippen LogP contribution in [0.3, 0.4) is 0 Å². The highest BCUT2D eigenvalue weighted by Crippen LogP contribution is 2.35. The van der Waals surface area contributed by atoms with E-state index in [1.165, 1.54) is 4.90 Å². The Morgan fingerprint density at radius 3 is 2.17 bits per heavy atom. The number of methoxy groups -OCH3 is 3. The summed E-state index contributed by atoms with van der Waals surface area (Å²) in [4.78, 5) is 4.34. The lowest BCUT2D eigenvalue weighted by atomic mass is 10.1. The van der Waals surface area contributed by atoms with Crippen molar-refractivity contribution in [3.8, 4) is 17.2 Å². The molecule has 23 heavy (non-hydrogen) atoms. The number of ether oxygens (including phenoxy) is 3. The van der Waals surface area contributed by atoms with Gasteiger partial charge in [0.25, 0.3) is 0 Å². The Balaban J connectivity index is 2.19. The lowest BCUT2D eigenvalue weighted by molar-refractivity contribution is -0.904. The van der Waals surface area contributed by atoms with Crippen LogP contribution < -0.4 is 19.1 Å². The Hall–Kier alpha value is -1.57. The number of nitrogens with zero attached hydrogens (tertiary/aromatic N) is 1. The van der Waals surface area contributed by atoms with E-state index >= 15 is 0 Å². The third-order valence-electron chi connectivity index (χ3n) is 4.16. The first-order valence-corrected chi connectivity index (χ1v) is 8.09. The lowest BCUT2D eigenvalue weighted by Gasteiger charge is -2.34. The number of hydrogen-bond acceptors (Lipinski definition) is 5. The molecule has 1 saturated heterocycles. The molecule has 0 spiro atoms. The molecule has 0 unspecified atom stereocenters. The largest absolute Gasteiger partial charge is 0.496 e. The van der Waals surface area contributed by atoms with Gasteiger partial charge < -0.3 is 29.1 Å². The summed E-state index contributed by atoms with van der Waals surface area (Å²) >= 11 is 5.68. The minimum absolute atomic E-state index is 0.225. The molecule has 1 heterocycles. The van der Waals surface area contributed by atoms with Crippen molar-refractivity contribution < 1.29 is 24.2 Å². The van der Waals surface area contributed by atoms with E-state index in [0.717, 1.165) is 43.3 Å². The summed E-state index contributed by atoms with van der Waals surface area (Å²) in [5, 5.41) is 9.04. The number of hydrogen-bond donors (Lipinski definition) is 2. The number of piperazine rings is 1. The van der Waals surface area contributed by atoms with E-state index in [1.54, 1.807) is 27.4 Å². The van der Waals surface area contributed by atoms with E-state index in [4.69, 9.17) is 31.5 Å². The van der Waals surface area contributed by atoms with Crippen LogP contribution >= 0.6 is 12.2 Å². The molecule has 0 radical (unpaired) electrons. The topological polar surface area (TPSA) is 55.6 Å². The van der Waals surface area contributed by atoms with Gasteiger partial charge in [-0.25, -0.2) is 0 Å². The van der Waals surface area contributed by atoms with Crippen LogP contribution in [0.2, 0.25) is 0 Å².